The number of hydrogen-bond donors (Lipinski definition) is 3. The Kier molecular flexibility index (Phi) is 8.35. The summed E-state index contributed by atoms with van der Waals surface area (Å²) in [5.74, 6) is -1.70. The maximum atomic E-state index is 15.3. The predicted octanol–water partition coefficient (Wildman–Crippen LogP) is 1.28. The van der Waals surface area contributed by atoms with Crippen LogP contribution in [0, 0.1) is 17.7 Å². The van der Waals surface area contributed by atoms with E-state index in [0.29, 0.717) is 43.7 Å². The van der Waals surface area contributed by atoms with Crippen molar-refractivity contribution in [2.45, 2.75) is 38.1 Å². The van der Waals surface area contributed by atoms with Crippen LogP contribution in [-0.4, -0.2) is 89.4 Å². The van der Waals surface area contributed by atoms with E-state index in [4.69, 9.17) is 16.3 Å². The largest absolute Gasteiger partial charge is 0.378 e. The molecule has 1 saturated carbocycles. The van der Waals surface area contributed by atoms with Crippen molar-refractivity contribution in [2.24, 2.45) is 11.8 Å². The van der Waals surface area contributed by atoms with Crippen molar-refractivity contribution in [1.82, 2.24) is 25.4 Å². The first kappa shape index (κ1) is 24.8. The molecule has 2 atom stereocenters. The van der Waals surface area contributed by atoms with Crippen LogP contribution in [0.4, 0.5) is 16.0 Å². The highest BCUT2D eigenvalue weighted by Crippen LogP contribution is 2.31. The standard InChI is InChI=1S/C21H31ClFN7O4/c22-21-24-18(17(23)19(25-21)29-6-5-28-7-8-34-12-16(28)11-29)26-27-20(32)15(10-30(33)13-31)9-14-3-1-2-4-14/h13-16,33H,1-12H2,(H,27,32)(H,24,25,26)/t15-,16+/m1/s1. The van der Waals surface area contributed by atoms with E-state index in [0.717, 1.165) is 38.8 Å². The lowest BCUT2D eigenvalue weighted by molar-refractivity contribution is -0.154. The van der Waals surface area contributed by atoms with Crippen LogP contribution in [0.15, 0.2) is 0 Å². The fraction of sp³-hybridized carbons (Fsp3) is 0.714. The van der Waals surface area contributed by atoms with Crippen molar-refractivity contribution in [3.63, 3.8) is 0 Å². The van der Waals surface area contributed by atoms with E-state index in [1.165, 1.54) is 0 Å². The number of rotatable bonds is 9. The number of ether oxygens (including phenoxy) is 1. The molecule has 0 aromatic carbocycles. The quantitative estimate of drug-likeness (QED) is 0.199. The minimum Gasteiger partial charge on any atom is -0.378 e. The maximum absolute atomic E-state index is 15.3. The Morgan fingerprint density at radius 3 is 2.88 bits per heavy atom. The van der Waals surface area contributed by atoms with Crippen LogP contribution in [0.3, 0.4) is 0 Å². The zero-order valence-electron chi connectivity index (χ0n) is 19.0. The van der Waals surface area contributed by atoms with Gasteiger partial charge < -0.3 is 9.64 Å². The predicted molar refractivity (Wildman–Crippen MR) is 122 cm³/mol. The fourth-order valence-corrected chi connectivity index (χ4v) is 5.21. The molecule has 13 heteroatoms. The van der Waals surface area contributed by atoms with Crippen molar-refractivity contribution >= 4 is 35.6 Å². The third-order valence-corrected chi connectivity index (χ3v) is 7.01. The summed E-state index contributed by atoms with van der Waals surface area (Å²) in [5, 5.41) is 9.93. The number of nitrogens with zero attached hydrogens (tertiary/aromatic N) is 5. The second kappa shape index (κ2) is 11.4. The number of morpholine rings is 1. The second-order valence-electron chi connectivity index (χ2n) is 9.11. The van der Waals surface area contributed by atoms with Gasteiger partial charge in [-0.2, -0.15) is 14.4 Å². The van der Waals surface area contributed by atoms with Crippen LogP contribution >= 0.6 is 11.6 Å². The number of halogens is 2. The molecule has 2 amide bonds. The SMILES string of the molecule is O=CN(O)C[C@@H](CC1CCCC1)C(=O)NNc1nc(Cl)nc(N2CCN3CCOC[C@@H]3C2)c1F. The van der Waals surface area contributed by atoms with Gasteiger partial charge in [0.2, 0.25) is 23.4 Å². The third kappa shape index (κ3) is 6.04. The number of amides is 2. The third-order valence-electron chi connectivity index (χ3n) is 6.84. The molecular weight excluding hydrogens is 469 g/mol. The molecule has 0 radical (unpaired) electrons. The van der Waals surface area contributed by atoms with Gasteiger partial charge in [0.05, 0.1) is 31.7 Å². The molecule has 0 unspecified atom stereocenters. The van der Waals surface area contributed by atoms with Crippen molar-refractivity contribution in [3.05, 3.63) is 11.1 Å². The molecule has 2 saturated heterocycles. The summed E-state index contributed by atoms with van der Waals surface area (Å²) in [5.41, 5.74) is 4.99. The van der Waals surface area contributed by atoms with Gasteiger partial charge in [-0.1, -0.05) is 25.7 Å². The number of hydroxylamine groups is 2. The van der Waals surface area contributed by atoms with Gasteiger partial charge in [-0.3, -0.25) is 30.5 Å². The number of fused-ring (bicyclic) bond motifs is 1. The van der Waals surface area contributed by atoms with Gasteiger partial charge in [-0.05, 0) is 23.9 Å². The van der Waals surface area contributed by atoms with E-state index in [9.17, 15) is 14.8 Å². The summed E-state index contributed by atoms with van der Waals surface area (Å²) in [6.07, 6.45) is 4.98. The summed E-state index contributed by atoms with van der Waals surface area (Å²) in [6, 6.07) is 0.141. The maximum Gasteiger partial charge on any atom is 0.243 e. The highest BCUT2D eigenvalue weighted by atomic mass is 35.5. The van der Waals surface area contributed by atoms with Crippen molar-refractivity contribution in [2.75, 3.05) is 56.3 Å². The van der Waals surface area contributed by atoms with Crippen LogP contribution in [0.25, 0.3) is 0 Å². The Morgan fingerprint density at radius 2 is 2.12 bits per heavy atom. The van der Waals surface area contributed by atoms with E-state index in [1.54, 1.807) is 0 Å². The average molecular weight is 500 g/mol. The fourth-order valence-electron chi connectivity index (χ4n) is 5.04. The van der Waals surface area contributed by atoms with E-state index in [1.807, 2.05) is 4.90 Å². The zero-order valence-corrected chi connectivity index (χ0v) is 19.7. The number of anilines is 2. The molecule has 1 aliphatic carbocycles. The second-order valence-corrected chi connectivity index (χ2v) is 9.45. The number of nitrogens with one attached hydrogen (secondary N) is 2. The number of carbonyl (C=O) groups excluding carboxylic acids is 2. The summed E-state index contributed by atoms with van der Waals surface area (Å²) in [7, 11) is 0. The number of hydrazine groups is 1. The summed E-state index contributed by atoms with van der Waals surface area (Å²) < 4.78 is 20.9. The molecule has 11 nitrogen and oxygen atoms in total. The van der Waals surface area contributed by atoms with Crippen molar-refractivity contribution in [3.8, 4) is 0 Å². The Balaban J connectivity index is 1.42. The summed E-state index contributed by atoms with van der Waals surface area (Å²) >= 11 is 6.08. The molecule has 0 bridgehead atoms. The first-order valence-electron chi connectivity index (χ1n) is 11.7. The van der Waals surface area contributed by atoms with Gasteiger partial charge in [-0.25, -0.2) is 5.06 Å². The summed E-state index contributed by atoms with van der Waals surface area (Å²) in [6.45, 7) is 3.84. The molecule has 3 fully saturated rings. The Hall–Kier alpha value is -2.28. The first-order valence-corrected chi connectivity index (χ1v) is 12.1. The van der Waals surface area contributed by atoms with Crippen LogP contribution < -0.4 is 15.8 Å². The van der Waals surface area contributed by atoms with E-state index in [2.05, 4.69) is 25.7 Å². The van der Waals surface area contributed by atoms with Gasteiger partial charge in [0.15, 0.2) is 11.6 Å². The lowest BCUT2D eigenvalue weighted by atomic mass is 9.92. The zero-order chi connectivity index (χ0) is 24.1. The van der Waals surface area contributed by atoms with E-state index >= 15 is 4.39 Å². The minimum absolute atomic E-state index is 0.0620. The van der Waals surface area contributed by atoms with Crippen LogP contribution in [0.1, 0.15) is 32.1 Å². The molecular formula is C21H31ClFN7O4. The summed E-state index contributed by atoms with van der Waals surface area (Å²) in [4.78, 5) is 35.8. The molecule has 188 valence electrons. The molecule has 2 aliphatic heterocycles. The Morgan fingerprint density at radius 1 is 1.32 bits per heavy atom. The Bertz CT molecular complexity index is 876. The number of piperazine rings is 1. The number of carbonyl (C=O) groups is 2. The molecule has 0 spiro atoms. The lowest BCUT2D eigenvalue weighted by Gasteiger charge is -2.44. The molecule has 3 N–H and O–H groups in total. The first-order chi connectivity index (χ1) is 16.4. The van der Waals surface area contributed by atoms with Gasteiger partial charge in [-0.15, -0.1) is 0 Å². The average Bonchev–Trinajstić information content (AvgIpc) is 3.36. The normalized spacial score (nSPS) is 22.2. The van der Waals surface area contributed by atoms with E-state index in [-0.39, 0.29) is 35.9 Å². The number of aromatic nitrogens is 2. The van der Waals surface area contributed by atoms with Gasteiger partial charge in [0.25, 0.3) is 0 Å². The molecule has 1 aromatic heterocycles. The minimum atomic E-state index is -0.723. The molecule has 3 aliphatic rings. The van der Waals surface area contributed by atoms with E-state index < -0.39 is 17.6 Å². The highest BCUT2D eigenvalue weighted by molar-refractivity contribution is 6.28. The molecule has 3 heterocycles. The van der Waals surface area contributed by atoms with Gasteiger partial charge in [0, 0.05) is 26.2 Å². The monoisotopic (exact) mass is 499 g/mol. The molecule has 1 aromatic rings. The van der Waals surface area contributed by atoms with Crippen molar-refractivity contribution < 1.29 is 23.9 Å². The van der Waals surface area contributed by atoms with Gasteiger partial charge >= 0.3 is 0 Å². The number of hydrogen-bond acceptors (Lipinski definition) is 9. The lowest BCUT2D eigenvalue weighted by Crippen LogP contribution is -2.58. The highest BCUT2D eigenvalue weighted by Gasteiger charge is 2.32. The molecule has 4 rings (SSSR count). The van der Waals surface area contributed by atoms with Crippen molar-refractivity contribution in [1.29, 1.82) is 0 Å². The van der Waals surface area contributed by atoms with Crippen LogP contribution in [-0.2, 0) is 14.3 Å². The van der Waals surface area contributed by atoms with Crippen LogP contribution in [0.5, 0.6) is 0 Å². The molecule has 34 heavy (non-hydrogen) atoms. The van der Waals surface area contributed by atoms with Gasteiger partial charge in [0.1, 0.15) is 0 Å². The Labute approximate surface area is 202 Å². The smallest absolute Gasteiger partial charge is 0.243 e. The topological polar surface area (TPSA) is 123 Å². The van der Waals surface area contributed by atoms with Crippen LogP contribution in [0.2, 0.25) is 5.28 Å².